The van der Waals surface area contributed by atoms with Crippen LogP contribution in [0.5, 0.6) is 0 Å². The van der Waals surface area contributed by atoms with Crippen molar-refractivity contribution in [2.24, 2.45) is 0 Å². The van der Waals surface area contributed by atoms with E-state index < -0.39 is 12.0 Å². The molecule has 1 saturated heterocycles. The maximum atomic E-state index is 12.3. The van der Waals surface area contributed by atoms with E-state index in [9.17, 15) is 9.59 Å². The number of rotatable bonds is 2. The van der Waals surface area contributed by atoms with Crippen molar-refractivity contribution in [1.82, 2.24) is 15.1 Å². The molecule has 0 aliphatic carbocycles. The number of hydrogen-bond donors (Lipinski definition) is 2. The lowest BCUT2D eigenvalue weighted by Crippen LogP contribution is -2.40. The van der Waals surface area contributed by atoms with Crippen molar-refractivity contribution in [1.29, 1.82) is 0 Å². The Balaban J connectivity index is 2.20. The second-order valence-corrected chi connectivity index (χ2v) is 5.91. The number of H-pyrrole nitrogens is 1. The van der Waals surface area contributed by atoms with Crippen LogP contribution in [-0.2, 0) is 10.2 Å². The van der Waals surface area contributed by atoms with Gasteiger partial charge in [0.1, 0.15) is 11.7 Å². The third-order valence-corrected chi connectivity index (χ3v) is 3.40. The molecule has 2 N–H and O–H groups in total. The standard InChI is InChI=1S/C13H19N3O3/c1-13(2,3)10-7-8(14-15-10)11(17)16-6-4-5-9(16)12(18)19/h7,9H,4-6H2,1-3H3,(H,14,15)(H,18,19)/t9-/m1/s1. The minimum absolute atomic E-state index is 0.122. The van der Waals surface area contributed by atoms with Gasteiger partial charge in [0.15, 0.2) is 0 Å². The Kier molecular flexibility index (Phi) is 3.34. The Hall–Kier alpha value is -1.85. The van der Waals surface area contributed by atoms with E-state index in [1.165, 1.54) is 4.90 Å². The van der Waals surface area contributed by atoms with Gasteiger partial charge in [-0.15, -0.1) is 0 Å². The SMILES string of the molecule is CC(C)(C)c1cc(C(=O)N2CCC[C@@H]2C(=O)O)n[nH]1. The van der Waals surface area contributed by atoms with Crippen LogP contribution < -0.4 is 0 Å². The maximum absolute atomic E-state index is 12.3. The average molecular weight is 265 g/mol. The lowest BCUT2D eigenvalue weighted by molar-refractivity contribution is -0.141. The van der Waals surface area contributed by atoms with Crippen molar-refractivity contribution < 1.29 is 14.7 Å². The highest BCUT2D eigenvalue weighted by molar-refractivity contribution is 5.95. The zero-order valence-corrected chi connectivity index (χ0v) is 11.4. The summed E-state index contributed by atoms with van der Waals surface area (Å²) >= 11 is 0. The van der Waals surface area contributed by atoms with E-state index in [2.05, 4.69) is 10.2 Å². The molecular formula is C13H19N3O3. The molecule has 19 heavy (non-hydrogen) atoms. The quantitative estimate of drug-likeness (QED) is 0.846. The molecule has 6 nitrogen and oxygen atoms in total. The summed E-state index contributed by atoms with van der Waals surface area (Å²) in [7, 11) is 0. The predicted molar refractivity (Wildman–Crippen MR) is 69.0 cm³/mol. The van der Waals surface area contributed by atoms with Crippen molar-refractivity contribution in [2.45, 2.75) is 45.1 Å². The topological polar surface area (TPSA) is 86.3 Å². The first kappa shape index (κ1) is 13.6. The maximum Gasteiger partial charge on any atom is 0.326 e. The Bertz CT molecular complexity index is 501. The molecule has 104 valence electrons. The molecule has 1 fully saturated rings. The number of aromatic amines is 1. The first-order valence-corrected chi connectivity index (χ1v) is 6.40. The summed E-state index contributed by atoms with van der Waals surface area (Å²) in [6.07, 6.45) is 1.23. The molecule has 1 aromatic heterocycles. The number of nitrogens with zero attached hydrogens (tertiary/aromatic N) is 2. The second kappa shape index (κ2) is 4.68. The molecule has 2 heterocycles. The summed E-state index contributed by atoms with van der Waals surface area (Å²) in [5.41, 5.74) is 1.03. The fourth-order valence-corrected chi connectivity index (χ4v) is 2.23. The van der Waals surface area contributed by atoms with Gasteiger partial charge < -0.3 is 10.0 Å². The highest BCUT2D eigenvalue weighted by Gasteiger charge is 2.35. The predicted octanol–water partition coefficient (Wildman–Crippen LogP) is 1.40. The lowest BCUT2D eigenvalue weighted by atomic mass is 9.92. The summed E-state index contributed by atoms with van der Waals surface area (Å²) in [4.78, 5) is 24.8. The highest BCUT2D eigenvalue weighted by atomic mass is 16.4. The molecule has 1 aliphatic rings. The Morgan fingerprint density at radius 2 is 2.16 bits per heavy atom. The molecule has 0 spiro atoms. The first-order valence-electron chi connectivity index (χ1n) is 6.40. The van der Waals surface area contributed by atoms with Crippen molar-refractivity contribution in [3.8, 4) is 0 Å². The summed E-state index contributed by atoms with van der Waals surface area (Å²) in [5.74, 6) is -1.26. The minimum atomic E-state index is -0.947. The molecule has 6 heteroatoms. The minimum Gasteiger partial charge on any atom is -0.480 e. The molecule has 1 amide bonds. The fourth-order valence-electron chi connectivity index (χ4n) is 2.23. The fraction of sp³-hybridized carbons (Fsp3) is 0.615. The van der Waals surface area contributed by atoms with Gasteiger partial charge in [-0.2, -0.15) is 5.10 Å². The Morgan fingerprint density at radius 1 is 1.47 bits per heavy atom. The van der Waals surface area contributed by atoms with Crippen LogP contribution in [0, 0.1) is 0 Å². The van der Waals surface area contributed by atoms with Crippen LogP contribution in [0.1, 0.15) is 49.8 Å². The number of carboxylic acids is 1. The van der Waals surface area contributed by atoms with E-state index in [-0.39, 0.29) is 17.0 Å². The van der Waals surface area contributed by atoms with Crippen LogP contribution in [0.4, 0.5) is 0 Å². The van der Waals surface area contributed by atoms with Crippen molar-refractivity contribution in [3.63, 3.8) is 0 Å². The average Bonchev–Trinajstić information content (AvgIpc) is 2.96. The molecule has 0 radical (unpaired) electrons. The van der Waals surface area contributed by atoms with Crippen molar-refractivity contribution in [2.75, 3.05) is 6.54 Å². The van der Waals surface area contributed by atoms with Gasteiger partial charge in [0, 0.05) is 17.7 Å². The smallest absolute Gasteiger partial charge is 0.326 e. The summed E-state index contributed by atoms with van der Waals surface area (Å²) in [6, 6.07) is 0.988. The molecule has 2 rings (SSSR count). The number of carboxylic acid groups (broad SMARTS) is 1. The van der Waals surface area contributed by atoms with E-state index in [1.54, 1.807) is 6.07 Å². The van der Waals surface area contributed by atoms with Crippen LogP contribution in [-0.4, -0.2) is 44.7 Å². The van der Waals surface area contributed by atoms with Crippen molar-refractivity contribution >= 4 is 11.9 Å². The van der Waals surface area contributed by atoms with Crippen LogP contribution in [0.15, 0.2) is 6.07 Å². The number of likely N-dealkylation sites (tertiary alicyclic amines) is 1. The highest BCUT2D eigenvalue weighted by Crippen LogP contribution is 2.23. The van der Waals surface area contributed by atoms with Gasteiger partial charge in [-0.05, 0) is 18.9 Å². The summed E-state index contributed by atoms with van der Waals surface area (Å²) in [6.45, 7) is 6.54. The van der Waals surface area contributed by atoms with E-state index >= 15 is 0 Å². The number of aromatic nitrogens is 2. The zero-order chi connectivity index (χ0) is 14.2. The molecule has 1 aliphatic heterocycles. The monoisotopic (exact) mass is 265 g/mol. The van der Waals surface area contributed by atoms with Gasteiger partial charge in [-0.1, -0.05) is 20.8 Å². The third kappa shape index (κ3) is 2.62. The molecule has 0 unspecified atom stereocenters. The molecule has 1 aromatic rings. The summed E-state index contributed by atoms with van der Waals surface area (Å²) < 4.78 is 0. The molecule has 0 bridgehead atoms. The van der Waals surface area contributed by atoms with Crippen molar-refractivity contribution in [3.05, 3.63) is 17.5 Å². The van der Waals surface area contributed by atoms with Crippen LogP contribution in [0.25, 0.3) is 0 Å². The van der Waals surface area contributed by atoms with E-state index in [0.29, 0.717) is 13.0 Å². The van der Waals surface area contributed by atoms with Crippen LogP contribution >= 0.6 is 0 Å². The largest absolute Gasteiger partial charge is 0.480 e. The Morgan fingerprint density at radius 3 is 2.68 bits per heavy atom. The molecule has 0 saturated carbocycles. The summed E-state index contributed by atoms with van der Waals surface area (Å²) in [5, 5.41) is 16.0. The number of amides is 1. The Labute approximate surface area is 111 Å². The number of aliphatic carboxylic acids is 1. The zero-order valence-electron chi connectivity index (χ0n) is 11.4. The van der Waals surface area contributed by atoms with Gasteiger partial charge in [0.25, 0.3) is 5.91 Å². The van der Waals surface area contributed by atoms with E-state index in [4.69, 9.17) is 5.11 Å². The van der Waals surface area contributed by atoms with Gasteiger partial charge in [0.2, 0.25) is 0 Å². The van der Waals surface area contributed by atoms with Gasteiger partial charge in [-0.3, -0.25) is 9.89 Å². The van der Waals surface area contributed by atoms with Gasteiger partial charge >= 0.3 is 5.97 Å². The van der Waals surface area contributed by atoms with E-state index in [1.807, 2.05) is 20.8 Å². The number of hydrogen-bond acceptors (Lipinski definition) is 3. The van der Waals surface area contributed by atoms with Crippen LogP contribution in [0.2, 0.25) is 0 Å². The second-order valence-electron chi connectivity index (χ2n) is 5.91. The lowest BCUT2D eigenvalue weighted by Gasteiger charge is -2.20. The van der Waals surface area contributed by atoms with Crippen LogP contribution in [0.3, 0.4) is 0 Å². The van der Waals surface area contributed by atoms with Gasteiger partial charge in [-0.25, -0.2) is 4.79 Å². The number of carbonyl (C=O) groups is 2. The molecular weight excluding hydrogens is 246 g/mol. The van der Waals surface area contributed by atoms with Gasteiger partial charge in [0.05, 0.1) is 0 Å². The molecule has 0 aromatic carbocycles. The normalized spacial score (nSPS) is 19.7. The van der Waals surface area contributed by atoms with E-state index in [0.717, 1.165) is 12.1 Å². The molecule has 1 atom stereocenters. The number of nitrogens with one attached hydrogen (secondary N) is 1. The number of carbonyl (C=O) groups excluding carboxylic acids is 1. The third-order valence-electron chi connectivity index (χ3n) is 3.40. The first-order chi connectivity index (χ1) is 8.80.